The second-order valence-electron chi connectivity index (χ2n) is 6.29. The van der Waals surface area contributed by atoms with E-state index in [1.54, 1.807) is 11.8 Å². The summed E-state index contributed by atoms with van der Waals surface area (Å²) in [5.74, 6) is 0.879. The molecule has 1 aromatic heterocycles. The number of thioether (sulfide) groups is 1. The number of aryl methyl sites for hydroxylation is 1. The number of carbonyl (C=O) groups is 1. The van der Waals surface area contributed by atoms with Gasteiger partial charge in [0.1, 0.15) is 0 Å². The molecule has 0 saturated carbocycles. The van der Waals surface area contributed by atoms with E-state index in [1.165, 1.54) is 0 Å². The second-order valence-corrected chi connectivity index (χ2v) is 7.14. The number of likely N-dealkylation sites (N-methyl/N-ethyl adjacent to an activating group) is 1. The van der Waals surface area contributed by atoms with Crippen LogP contribution >= 0.6 is 11.8 Å². The van der Waals surface area contributed by atoms with Gasteiger partial charge >= 0.3 is 0 Å². The fourth-order valence-corrected chi connectivity index (χ4v) is 3.24. The Balaban J connectivity index is 1.58. The zero-order chi connectivity index (χ0) is 19.2. The van der Waals surface area contributed by atoms with Gasteiger partial charge in [-0.1, -0.05) is 29.8 Å². The molecule has 3 rings (SSSR count). The van der Waals surface area contributed by atoms with Crippen LogP contribution in [0.25, 0.3) is 11.5 Å². The molecule has 2 aromatic carbocycles. The molecule has 0 radical (unpaired) electrons. The average molecular weight is 382 g/mol. The van der Waals surface area contributed by atoms with E-state index in [-0.39, 0.29) is 12.5 Å². The summed E-state index contributed by atoms with van der Waals surface area (Å²) in [5.41, 5.74) is 2.84. The quantitative estimate of drug-likeness (QED) is 0.626. The van der Waals surface area contributed by atoms with Gasteiger partial charge in [-0.05, 0) is 44.5 Å². The van der Waals surface area contributed by atoms with E-state index in [2.05, 4.69) is 15.5 Å². The van der Waals surface area contributed by atoms with Crippen molar-refractivity contribution in [2.45, 2.75) is 18.4 Å². The van der Waals surface area contributed by atoms with Crippen LogP contribution in [-0.2, 0) is 11.3 Å². The van der Waals surface area contributed by atoms with E-state index >= 15 is 0 Å². The lowest BCUT2D eigenvalue weighted by molar-refractivity contribution is -0.117. The van der Waals surface area contributed by atoms with Gasteiger partial charge in [0.25, 0.3) is 0 Å². The molecule has 0 atom stereocenters. The highest BCUT2D eigenvalue weighted by Crippen LogP contribution is 2.24. The van der Waals surface area contributed by atoms with Crippen molar-refractivity contribution in [2.75, 3.05) is 25.2 Å². The number of aromatic nitrogens is 2. The third kappa shape index (κ3) is 5.18. The summed E-state index contributed by atoms with van der Waals surface area (Å²) in [6, 6.07) is 15.6. The first-order valence-corrected chi connectivity index (χ1v) is 9.78. The molecule has 0 unspecified atom stereocenters. The zero-order valence-electron chi connectivity index (χ0n) is 15.6. The largest absolute Gasteiger partial charge is 0.419 e. The maximum Gasteiger partial charge on any atom is 0.247 e. The lowest BCUT2D eigenvalue weighted by atomic mass is 10.1. The number of nitrogens with one attached hydrogen (secondary N) is 1. The van der Waals surface area contributed by atoms with E-state index in [0.29, 0.717) is 18.3 Å². The van der Waals surface area contributed by atoms with Crippen LogP contribution in [-0.4, -0.2) is 40.9 Å². The maximum absolute atomic E-state index is 12.3. The number of benzene rings is 2. The Hall–Kier alpha value is -2.64. The summed E-state index contributed by atoms with van der Waals surface area (Å²) in [4.78, 5) is 15.2. The van der Waals surface area contributed by atoms with E-state index in [0.717, 1.165) is 21.7 Å². The maximum atomic E-state index is 12.3. The normalized spacial score (nSPS) is 11.0. The van der Waals surface area contributed by atoms with Gasteiger partial charge in [-0.2, -0.15) is 0 Å². The van der Waals surface area contributed by atoms with Gasteiger partial charge in [0.05, 0.1) is 18.8 Å². The van der Waals surface area contributed by atoms with Crippen LogP contribution in [0.3, 0.4) is 0 Å². The predicted molar refractivity (Wildman–Crippen MR) is 108 cm³/mol. The molecule has 0 saturated heterocycles. The Morgan fingerprint density at radius 3 is 2.78 bits per heavy atom. The van der Waals surface area contributed by atoms with Crippen molar-refractivity contribution >= 4 is 23.4 Å². The number of amides is 1. The molecule has 0 aliphatic carbocycles. The number of carbonyl (C=O) groups excluding carboxylic acids is 1. The highest BCUT2D eigenvalue weighted by molar-refractivity contribution is 7.98. The van der Waals surface area contributed by atoms with Crippen LogP contribution in [0.4, 0.5) is 5.69 Å². The molecule has 0 fully saturated rings. The molecular weight excluding hydrogens is 360 g/mol. The fraction of sp³-hybridized carbons (Fsp3) is 0.250. The highest BCUT2D eigenvalue weighted by Gasteiger charge is 2.14. The number of anilines is 1. The van der Waals surface area contributed by atoms with Gasteiger partial charge in [-0.3, -0.25) is 9.69 Å². The first-order chi connectivity index (χ1) is 13.0. The van der Waals surface area contributed by atoms with Crippen molar-refractivity contribution < 1.29 is 9.21 Å². The van der Waals surface area contributed by atoms with Crippen LogP contribution in [0, 0.1) is 6.92 Å². The molecule has 3 aromatic rings. The highest BCUT2D eigenvalue weighted by atomic mass is 32.2. The fourth-order valence-electron chi connectivity index (χ4n) is 2.68. The van der Waals surface area contributed by atoms with Gasteiger partial charge < -0.3 is 9.73 Å². The first-order valence-electron chi connectivity index (χ1n) is 8.56. The Bertz CT molecular complexity index is 926. The number of hydrogen-bond donors (Lipinski definition) is 1. The summed E-state index contributed by atoms with van der Waals surface area (Å²) >= 11 is 1.60. The van der Waals surface area contributed by atoms with Crippen LogP contribution < -0.4 is 5.32 Å². The van der Waals surface area contributed by atoms with E-state index in [1.807, 2.05) is 73.7 Å². The van der Waals surface area contributed by atoms with Crippen LogP contribution in [0.2, 0.25) is 0 Å². The summed E-state index contributed by atoms with van der Waals surface area (Å²) in [5, 5.41) is 11.1. The molecule has 0 spiro atoms. The Morgan fingerprint density at radius 1 is 1.19 bits per heavy atom. The molecule has 0 bridgehead atoms. The van der Waals surface area contributed by atoms with Crippen molar-refractivity contribution in [2.24, 2.45) is 0 Å². The van der Waals surface area contributed by atoms with Crippen molar-refractivity contribution in [1.82, 2.24) is 15.1 Å². The van der Waals surface area contributed by atoms with Crippen molar-refractivity contribution in [3.63, 3.8) is 0 Å². The number of para-hydroxylation sites is 1. The standard InChI is InChI=1S/C20H22N4O2S/c1-14-7-6-8-15(11-14)20-23-22-19(26-20)13-24(2)12-18(25)21-16-9-4-5-10-17(16)27-3/h4-11H,12-13H2,1-3H3,(H,21,25). The van der Waals surface area contributed by atoms with Gasteiger partial charge in [0.2, 0.25) is 17.7 Å². The Morgan fingerprint density at radius 2 is 2.00 bits per heavy atom. The van der Waals surface area contributed by atoms with Crippen molar-refractivity contribution in [3.05, 3.63) is 60.0 Å². The summed E-state index contributed by atoms with van der Waals surface area (Å²) in [6.45, 7) is 2.64. The molecule has 1 N–H and O–H groups in total. The second kappa shape index (κ2) is 8.83. The Kier molecular flexibility index (Phi) is 6.26. The molecule has 1 heterocycles. The summed E-state index contributed by atoms with van der Waals surface area (Å²) < 4.78 is 5.73. The third-order valence-electron chi connectivity index (χ3n) is 3.93. The van der Waals surface area contributed by atoms with Gasteiger partial charge in [-0.15, -0.1) is 22.0 Å². The third-order valence-corrected chi connectivity index (χ3v) is 4.73. The van der Waals surface area contributed by atoms with Crippen molar-refractivity contribution in [3.8, 4) is 11.5 Å². The SMILES string of the molecule is CSc1ccccc1NC(=O)CN(C)Cc1nnc(-c2cccc(C)c2)o1. The molecule has 140 valence electrons. The van der Waals surface area contributed by atoms with Crippen LogP contribution in [0.5, 0.6) is 0 Å². The molecule has 6 nitrogen and oxygen atoms in total. The minimum atomic E-state index is -0.0857. The van der Waals surface area contributed by atoms with Gasteiger partial charge in [0.15, 0.2) is 0 Å². The number of hydrogen-bond acceptors (Lipinski definition) is 6. The van der Waals surface area contributed by atoms with E-state index in [4.69, 9.17) is 4.42 Å². The average Bonchev–Trinajstić information content (AvgIpc) is 3.10. The first kappa shape index (κ1) is 19.1. The van der Waals surface area contributed by atoms with Crippen LogP contribution in [0.1, 0.15) is 11.5 Å². The summed E-state index contributed by atoms with van der Waals surface area (Å²) in [6.07, 6.45) is 1.98. The number of nitrogens with zero attached hydrogens (tertiary/aromatic N) is 3. The number of rotatable bonds is 7. The predicted octanol–water partition coefficient (Wildman–Crippen LogP) is 3.84. The molecule has 27 heavy (non-hydrogen) atoms. The van der Waals surface area contributed by atoms with E-state index < -0.39 is 0 Å². The summed E-state index contributed by atoms with van der Waals surface area (Å²) in [7, 11) is 1.84. The lowest BCUT2D eigenvalue weighted by Gasteiger charge is -2.15. The van der Waals surface area contributed by atoms with Gasteiger partial charge in [0, 0.05) is 10.5 Å². The zero-order valence-corrected chi connectivity index (χ0v) is 16.4. The van der Waals surface area contributed by atoms with Crippen LogP contribution in [0.15, 0.2) is 57.8 Å². The lowest BCUT2D eigenvalue weighted by Crippen LogP contribution is -2.30. The minimum Gasteiger partial charge on any atom is -0.419 e. The van der Waals surface area contributed by atoms with E-state index in [9.17, 15) is 4.79 Å². The topological polar surface area (TPSA) is 71.3 Å². The molecule has 0 aliphatic heterocycles. The molecule has 0 aliphatic rings. The smallest absolute Gasteiger partial charge is 0.247 e. The minimum absolute atomic E-state index is 0.0857. The monoisotopic (exact) mass is 382 g/mol. The Labute approximate surface area is 163 Å². The van der Waals surface area contributed by atoms with Crippen molar-refractivity contribution in [1.29, 1.82) is 0 Å². The molecular formula is C20H22N4O2S. The molecule has 7 heteroatoms. The van der Waals surface area contributed by atoms with Gasteiger partial charge in [-0.25, -0.2) is 0 Å². The molecule has 1 amide bonds.